The summed E-state index contributed by atoms with van der Waals surface area (Å²) in [6, 6.07) is -0.680. The lowest BCUT2D eigenvalue weighted by Crippen LogP contribution is -2.44. The normalized spacial score (nSPS) is 22.5. The van der Waals surface area contributed by atoms with Crippen LogP contribution in [0.25, 0.3) is 0 Å². The number of halogens is 1. The molecule has 1 aliphatic heterocycles. The number of likely N-dealkylation sites (tertiary alicyclic amines) is 1. The minimum Gasteiger partial charge on any atom is -0.480 e. The van der Waals surface area contributed by atoms with Crippen LogP contribution >= 0.6 is 11.6 Å². The highest BCUT2D eigenvalue weighted by Crippen LogP contribution is 2.22. The Kier molecular flexibility index (Phi) is 4.59. The average molecular weight is 248 g/mol. The van der Waals surface area contributed by atoms with Crippen molar-refractivity contribution in [1.29, 1.82) is 0 Å². The highest BCUT2D eigenvalue weighted by molar-refractivity contribution is 6.30. The zero-order chi connectivity index (χ0) is 12.3. The van der Waals surface area contributed by atoms with Gasteiger partial charge in [0.05, 0.1) is 0 Å². The van der Waals surface area contributed by atoms with Gasteiger partial charge in [0.25, 0.3) is 0 Å². The van der Waals surface area contributed by atoms with Crippen LogP contribution in [0, 0.1) is 5.92 Å². The van der Waals surface area contributed by atoms with Gasteiger partial charge in [-0.3, -0.25) is 4.79 Å². The van der Waals surface area contributed by atoms with Gasteiger partial charge in [-0.1, -0.05) is 13.8 Å². The predicted molar refractivity (Wildman–Crippen MR) is 61.5 cm³/mol. The van der Waals surface area contributed by atoms with Crippen LogP contribution in [0.3, 0.4) is 0 Å². The number of hydrogen-bond donors (Lipinski definition) is 1. The second-order valence-electron chi connectivity index (χ2n) is 4.62. The van der Waals surface area contributed by atoms with Gasteiger partial charge in [0, 0.05) is 6.54 Å². The number of carboxylic acids is 1. The Bertz CT molecular complexity index is 280. The Morgan fingerprint density at radius 2 is 2.12 bits per heavy atom. The molecular weight excluding hydrogens is 230 g/mol. The number of aliphatic carboxylic acids is 1. The quantitative estimate of drug-likeness (QED) is 0.770. The molecule has 4 nitrogen and oxygen atoms in total. The fourth-order valence-corrected chi connectivity index (χ4v) is 2.46. The molecule has 0 aromatic carbocycles. The van der Waals surface area contributed by atoms with Crippen LogP contribution in [-0.4, -0.2) is 39.8 Å². The van der Waals surface area contributed by atoms with Crippen molar-refractivity contribution in [3.8, 4) is 0 Å². The van der Waals surface area contributed by atoms with Crippen molar-refractivity contribution in [3.63, 3.8) is 0 Å². The summed E-state index contributed by atoms with van der Waals surface area (Å²) in [5.74, 6) is -0.836. The molecule has 1 amide bonds. The summed E-state index contributed by atoms with van der Waals surface area (Å²) in [6.07, 6.45) is 1.86. The number of carboxylic acid groups (broad SMARTS) is 1. The molecule has 0 bridgehead atoms. The Morgan fingerprint density at radius 3 is 2.62 bits per heavy atom. The van der Waals surface area contributed by atoms with Gasteiger partial charge in [-0.05, 0) is 25.2 Å². The van der Waals surface area contributed by atoms with Crippen molar-refractivity contribution in [1.82, 2.24) is 4.90 Å². The number of hydrogen-bond acceptors (Lipinski definition) is 2. The van der Waals surface area contributed by atoms with Gasteiger partial charge >= 0.3 is 5.97 Å². The lowest BCUT2D eigenvalue weighted by molar-refractivity contribution is -0.148. The zero-order valence-corrected chi connectivity index (χ0v) is 10.4. The molecule has 0 saturated carbocycles. The van der Waals surface area contributed by atoms with E-state index in [-0.39, 0.29) is 5.91 Å². The first kappa shape index (κ1) is 13.3. The van der Waals surface area contributed by atoms with Crippen molar-refractivity contribution < 1.29 is 14.7 Å². The Hall–Kier alpha value is -0.770. The molecule has 2 atom stereocenters. The molecule has 5 heteroatoms. The van der Waals surface area contributed by atoms with Crippen LogP contribution in [0.2, 0.25) is 0 Å². The molecule has 92 valence electrons. The smallest absolute Gasteiger partial charge is 0.326 e. The van der Waals surface area contributed by atoms with Crippen LogP contribution in [0.4, 0.5) is 0 Å². The standard InChI is InChI=1S/C11H18ClNO3/c1-7(2)6-8(12)10(14)13-5-3-4-9(13)11(15)16/h7-9H,3-6H2,1-2H3,(H,15,16)/t8?,9-/m0/s1. The largest absolute Gasteiger partial charge is 0.480 e. The summed E-state index contributed by atoms with van der Waals surface area (Å²) in [5, 5.41) is 8.36. The zero-order valence-electron chi connectivity index (χ0n) is 9.65. The third-order valence-corrected chi connectivity index (χ3v) is 3.13. The van der Waals surface area contributed by atoms with Gasteiger partial charge < -0.3 is 10.0 Å². The third kappa shape index (κ3) is 3.11. The fraction of sp³-hybridized carbons (Fsp3) is 0.818. The van der Waals surface area contributed by atoms with Gasteiger partial charge in [0.2, 0.25) is 5.91 Å². The van der Waals surface area contributed by atoms with E-state index < -0.39 is 17.4 Å². The number of nitrogens with zero attached hydrogens (tertiary/aromatic N) is 1. The number of alkyl halides is 1. The van der Waals surface area contributed by atoms with Crippen molar-refractivity contribution in [2.45, 2.75) is 44.5 Å². The minimum absolute atomic E-state index is 0.236. The molecule has 0 aromatic rings. The first-order valence-corrected chi connectivity index (χ1v) is 6.04. The van der Waals surface area contributed by atoms with E-state index in [0.29, 0.717) is 25.3 Å². The van der Waals surface area contributed by atoms with Crippen LogP contribution < -0.4 is 0 Å². The van der Waals surface area contributed by atoms with Gasteiger partial charge in [0.1, 0.15) is 11.4 Å². The first-order valence-electron chi connectivity index (χ1n) is 5.60. The van der Waals surface area contributed by atoms with Crippen molar-refractivity contribution in [2.24, 2.45) is 5.92 Å². The first-order chi connectivity index (χ1) is 7.43. The molecule has 1 unspecified atom stereocenters. The molecule has 1 saturated heterocycles. The van der Waals surface area contributed by atoms with Crippen molar-refractivity contribution in [3.05, 3.63) is 0 Å². The van der Waals surface area contributed by atoms with Gasteiger partial charge in [-0.15, -0.1) is 11.6 Å². The molecule has 0 aromatic heterocycles. The molecule has 0 radical (unpaired) electrons. The Labute approximate surface area is 101 Å². The lowest BCUT2D eigenvalue weighted by Gasteiger charge is -2.24. The number of amides is 1. The highest BCUT2D eigenvalue weighted by Gasteiger charge is 2.36. The number of carbonyl (C=O) groups is 2. The molecule has 1 rings (SSSR count). The molecule has 0 aliphatic carbocycles. The van der Waals surface area contributed by atoms with E-state index in [1.54, 1.807) is 0 Å². The maximum absolute atomic E-state index is 11.9. The second kappa shape index (κ2) is 5.53. The maximum atomic E-state index is 11.9. The minimum atomic E-state index is -0.931. The monoisotopic (exact) mass is 247 g/mol. The summed E-state index contributed by atoms with van der Waals surface area (Å²) >= 11 is 5.99. The predicted octanol–water partition coefficient (Wildman–Crippen LogP) is 1.72. The van der Waals surface area contributed by atoms with Crippen LogP contribution in [-0.2, 0) is 9.59 Å². The lowest BCUT2D eigenvalue weighted by atomic mass is 10.1. The van der Waals surface area contributed by atoms with Crippen LogP contribution in [0.1, 0.15) is 33.1 Å². The SMILES string of the molecule is CC(C)CC(Cl)C(=O)N1CCC[C@H]1C(=O)O. The second-order valence-corrected chi connectivity index (χ2v) is 5.15. The van der Waals surface area contributed by atoms with E-state index in [1.807, 2.05) is 13.8 Å². The number of carbonyl (C=O) groups excluding carboxylic acids is 1. The molecular formula is C11H18ClNO3. The summed E-state index contributed by atoms with van der Waals surface area (Å²) in [5.41, 5.74) is 0. The third-order valence-electron chi connectivity index (χ3n) is 2.77. The summed E-state index contributed by atoms with van der Waals surface area (Å²) in [7, 11) is 0. The maximum Gasteiger partial charge on any atom is 0.326 e. The van der Waals surface area contributed by atoms with Gasteiger partial charge in [-0.2, -0.15) is 0 Å². The summed E-state index contributed by atoms with van der Waals surface area (Å²) in [4.78, 5) is 24.3. The van der Waals surface area contributed by atoms with Gasteiger partial charge in [0.15, 0.2) is 0 Å². The summed E-state index contributed by atoms with van der Waals surface area (Å²) in [6.45, 7) is 4.49. The fourth-order valence-electron chi connectivity index (χ4n) is 1.98. The van der Waals surface area contributed by atoms with E-state index in [1.165, 1.54) is 4.90 Å². The van der Waals surface area contributed by atoms with Crippen LogP contribution in [0.5, 0.6) is 0 Å². The molecule has 1 fully saturated rings. The van der Waals surface area contributed by atoms with E-state index in [4.69, 9.17) is 16.7 Å². The van der Waals surface area contributed by atoms with E-state index >= 15 is 0 Å². The molecule has 1 N–H and O–H groups in total. The van der Waals surface area contributed by atoms with Crippen LogP contribution in [0.15, 0.2) is 0 Å². The topological polar surface area (TPSA) is 57.6 Å². The Morgan fingerprint density at radius 1 is 1.50 bits per heavy atom. The summed E-state index contributed by atoms with van der Waals surface area (Å²) < 4.78 is 0. The molecule has 0 spiro atoms. The average Bonchev–Trinajstić information content (AvgIpc) is 2.63. The van der Waals surface area contributed by atoms with Crippen molar-refractivity contribution in [2.75, 3.05) is 6.54 Å². The van der Waals surface area contributed by atoms with Crippen molar-refractivity contribution >= 4 is 23.5 Å². The van der Waals surface area contributed by atoms with E-state index in [9.17, 15) is 9.59 Å². The van der Waals surface area contributed by atoms with E-state index in [0.717, 1.165) is 6.42 Å². The number of rotatable bonds is 4. The highest BCUT2D eigenvalue weighted by atomic mass is 35.5. The molecule has 1 aliphatic rings. The van der Waals surface area contributed by atoms with E-state index in [2.05, 4.69) is 0 Å². The molecule has 1 heterocycles. The Balaban J connectivity index is 2.62. The van der Waals surface area contributed by atoms with Gasteiger partial charge in [-0.25, -0.2) is 4.79 Å². The molecule has 16 heavy (non-hydrogen) atoms.